The van der Waals surface area contributed by atoms with Gasteiger partial charge in [-0.25, -0.2) is 4.39 Å². The number of hydrogen-bond acceptors (Lipinski definition) is 4. The maximum Gasteiger partial charge on any atom is 0.312 e. The van der Waals surface area contributed by atoms with Crippen molar-refractivity contribution in [1.82, 2.24) is 0 Å². The van der Waals surface area contributed by atoms with Crippen LogP contribution in [0.2, 0.25) is 0 Å². The Morgan fingerprint density at radius 1 is 1.24 bits per heavy atom. The van der Waals surface area contributed by atoms with E-state index in [4.69, 9.17) is 9.29 Å². The van der Waals surface area contributed by atoms with Gasteiger partial charge in [0.1, 0.15) is 6.61 Å². The Morgan fingerprint density at radius 3 is 2.05 bits per heavy atom. The molecule has 0 radical (unpaired) electrons. The van der Waals surface area contributed by atoms with Crippen LogP contribution in [0.25, 0.3) is 0 Å². The first-order valence-electron chi connectivity index (χ1n) is 7.44. The number of rotatable bonds is 4. The van der Waals surface area contributed by atoms with Crippen LogP contribution in [-0.4, -0.2) is 30.5 Å². The highest BCUT2D eigenvalue weighted by molar-refractivity contribution is 7.87. The van der Waals surface area contributed by atoms with Gasteiger partial charge in [-0.3, -0.25) is 9.35 Å². The molecule has 0 aliphatic heterocycles. The number of ether oxygens (including phenoxy) is 1. The molecule has 4 aliphatic carbocycles. The average molecular weight is 320 g/mol. The van der Waals surface area contributed by atoms with Crippen LogP contribution in [-0.2, 0) is 19.6 Å². The summed E-state index contributed by atoms with van der Waals surface area (Å²) in [6.45, 7) is -0.248. The van der Waals surface area contributed by atoms with E-state index < -0.39 is 33.1 Å². The van der Waals surface area contributed by atoms with E-state index in [1.165, 1.54) is 0 Å². The van der Waals surface area contributed by atoms with Gasteiger partial charge < -0.3 is 4.74 Å². The molecule has 7 heteroatoms. The third-order valence-corrected chi connectivity index (χ3v) is 6.66. The van der Waals surface area contributed by atoms with E-state index in [2.05, 4.69) is 0 Å². The first-order valence-corrected chi connectivity index (χ1v) is 8.88. The number of carbonyl (C=O) groups excluding carboxylic acids is 1. The van der Waals surface area contributed by atoms with Crippen LogP contribution < -0.4 is 0 Å². The fourth-order valence-electron chi connectivity index (χ4n) is 4.78. The molecule has 1 atom stereocenters. The largest absolute Gasteiger partial charge is 0.461 e. The second-order valence-corrected chi connectivity index (χ2v) is 9.15. The van der Waals surface area contributed by atoms with E-state index in [9.17, 15) is 17.6 Å². The van der Waals surface area contributed by atoms with Gasteiger partial charge in [-0.2, -0.15) is 8.42 Å². The predicted octanol–water partition coefficient (Wildman–Crippen LogP) is 2.32. The van der Waals surface area contributed by atoms with Crippen molar-refractivity contribution in [2.24, 2.45) is 23.2 Å². The summed E-state index contributed by atoms with van der Waals surface area (Å²) >= 11 is 0. The predicted molar refractivity (Wildman–Crippen MR) is 72.6 cm³/mol. The van der Waals surface area contributed by atoms with E-state index >= 15 is 0 Å². The van der Waals surface area contributed by atoms with Crippen LogP contribution in [0.1, 0.15) is 45.4 Å². The van der Waals surface area contributed by atoms with E-state index in [0.717, 1.165) is 38.5 Å². The van der Waals surface area contributed by atoms with Crippen LogP contribution in [0.15, 0.2) is 0 Å². The van der Waals surface area contributed by atoms with E-state index in [1.807, 2.05) is 0 Å². The fourth-order valence-corrected chi connectivity index (χ4v) is 4.99. The maximum atomic E-state index is 13.8. The van der Waals surface area contributed by atoms with Crippen LogP contribution >= 0.6 is 0 Å². The minimum Gasteiger partial charge on any atom is -0.461 e. The number of carbonyl (C=O) groups is 1. The lowest BCUT2D eigenvalue weighted by Gasteiger charge is -2.55. The Kier molecular flexibility index (Phi) is 3.37. The fraction of sp³-hybridized carbons (Fsp3) is 0.929. The molecule has 0 spiro atoms. The van der Waals surface area contributed by atoms with Crippen molar-refractivity contribution in [3.8, 4) is 0 Å². The molecule has 120 valence electrons. The average Bonchev–Trinajstić information content (AvgIpc) is 2.32. The van der Waals surface area contributed by atoms with Gasteiger partial charge >= 0.3 is 16.1 Å². The van der Waals surface area contributed by atoms with Gasteiger partial charge in [-0.1, -0.05) is 0 Å². The first kappa shape index (κ1) is 15.2. The van der Waals surface area contributed by atoms with Crippen LogP contribution in [0, 0.1) is 23.2 Å². The molecule has 0 heterocycles. The lowest BCUT2D eigenvalue weighted by molar-refractivity contribution is -0.173. The third kappa shape index (κ3) is 2.59. The zero-order valence-electron chi connectivity index (χ0n) is 12.0. The molecule has 0 aromatic rings. The third-order valence-electron chi connectivity index (χ3n) is 5.47. The summed E-state index contributed by atoms with van der Waals surface area (Å²) in [6.07, 6.45) is 5.81. The van der Waals surface area contributed by atoms with Gasteiger partial charge in [0, 0.05) is 0 Å². The SMILES string of the molecule is CC(F)(COC(=O)C12CC3CC(CC(C3)C1)C2)S(=O)(=O)O. The molecule has 0 aromatic carbocycles. The zero-order chi connectivity index (χ0) is 15.5. The number of halogens is 1. The Bertz CT molecular complexity index is 518. The molecular formula is C14H21FO5S. The molecule has 0 aromatic heterocycles. The molecular weight excluding hydrogens is 299 g/mol. The number of esters is 1. The van der Waals surface area contributed by atoms with Gasteiger partial charge in [0.05, 0.1) is 5.41 Å². The van der Waals surface area contributed by atoms with E-state index in [1.54, 1.807) is 0 Å². The Balaban J connectivity index is 1.69. The molecule has 4 rings (SSSR count). The van der Waals surface area contributed by atoms with Crippen LogP contribution in [0.5, 0.6) is 0 Å². The number of alkyl halides is 1. The minimum atomic E-state index is -4.90. The standard InChI is InChI=1S/C14H21FO5S/c1-13(15,21(17,18)19)8-20-12(16)14-5-9-2-10(6-14)4-11(3-9)7-14/h9-11H,2-8H2,1H3,(H,17,18,19). The van der Waals surface area contributed by atoms with Crippen molar-refractivity contribution in [3.05, 3.63) is 0 Å². The smallest absolute Gasteiger partial charge is 0.312 e. The van der Waals surface area contributed by atoms with E-state index in [0.29, 0.717) is 24.7 Å². The van der Waals surface area contributed by atoms with Gasteiger partial charge in [0.25, 0.3) is 5.00 Å². The molecule has 5 nitrogen and oxygen atoms in total. The molecule has 0 amide bonds. The van der Waals surface area contributed by atoms with Gasteiger partial charge in [0.15, 0.2) is 0 Å². The first-order chi connectivity index (χ1) is 9.61. The summed E-state index contributed by atoms with van der Waals surface area (Å²) in [6, 6.07) is 0. The summed E-state index contributed by atoms with van der Waals surface area (Å²) in [5, 5.41) is -2.95. The van der Waals surface area contributed by atoms with Crippen molar-refractivity contribution in [2.45, 2.75) is 50.4 Å². The monoisotopic (exact) mass is 320 g/mol. The van der Waals surface area contributed by atoms with Crippen LogP contribution in [0.3, 0.4) is 0 Å². The summed E-state index contributed by atoms with van der Waals surface area (Å²) in [4.78, 5) is 12.4. The number of hydrogen-bond donors (Lipinski definition) is 1. The lowest BCUT2D eigenvalue weighted by Crippen LogP contribution is -2.51. The van der Waals surface area contributed by atoms with Crippen molar-refractivity contribution in [3.63, 3.8) is 0 Å². The van der Waals surface area contributed by atoms with Crippen LogP contribution in [0.4, 0.5) is 4.39 Å². The molecule has 4 aliphatic rings. The molecule has 21 heavy (non-hydrogen) atoms. The molecule has 4 bridgehead atoms. The van der Waals surface area contributed by atoms with Crippen molar-refractivity contribution >= 4 is 16.1 Å². The summed E-state index contributed by atoms with van der Waals surface area (Å²) in [5.41, 5.74) is -0.552. The second-order valence-electron chi connectivity index (χ2n) is 7.35. The lowest BCUT2D eigenvalue weighted by atomic mass is 9.49. The molecule has 4 fully saturated rings. The summed E-state index contributed by atoms with van der Waals surface area (Å²) in [7, 11) is -4.90. The summed E-state index contributed by atoms with van der Waals surface area (Å²) < 4.78 is 49.4. The highest BCUT2D eigenvalue weighted by atomic mass is 32.2. The van der Waals surface area contributed by atoms with Crippen molar-refractivity contribution in [2.75, 3.05) is 6.61 Å². The van der Waals surface area contributed by atoms with Crippen molar-refractivity contribution < 1.29 is 26.9 Å². The Hall–Kier alpha value is -0.690. The Morgan fingerprint density at radius 2 is 1.67 bits per heavy atom. The molecule has 1 unspecified atom stereocenters. The highest BCUT2D eigenvalue weighted by Gasteiger charge is 2.56. The molecule has 1 N–H and O–H groups in total. The zero-order valence-corrected chi connectivity index (χ0v) is 12.9. The topological polar surface area (TPSA) is 80.7 Å². The normalized spacial score (nSPS) is 40.8. The second kappa shape index (κ2) is 4.65. The van der Waals surface area contributed by atoms with Gasteiger partial charge in [0.2, 0.25) is 0 Å². The van der Waals surface area contributed by atoms with Gasteiger partial charge in [-0.05, 0) is 63.2 Å². The maximum absolute atomic E-state index is 13.8. The van der Waals surface area contributed by atoms with E-state index in [-0.39, 0.29) is 0 Å². The molecule has 4 saturated carbocycles. The van der Waals surface area contributed by atoms with Gasteiger partial charge in [-0.15, -0.1) is 0 Å². The highest BCUT2D eigenvalue weighted by Crippen LogP contribution is 2.60. The van der Waals surface area contributed by atoms with Crippen molar-refractivity contribution in [1.29, 1.82) is 0 Å². The summed E-state index contributed by atoms with van der Waals surface area (Å²) in [5.74, 6) is 1.14. The Labute approximate surface area is 124 Å². The minimum absolute atomic E-state index is 0.492. The quantitative estimate of drug-likeness (QED) is 0.635. The molecule has 0 saturated heterocycles.